The van der Waals surface area contributed by atoms with Crippen molar-refractivity contribution in [2.75, 3.05) is 7.11 Å². The Bertz CT molecular complexity index is 607. The van der Waals surface area contributed by atoms with E-state index in [0.29, 0.717) is 0 Å². The molecule has 2 aromatic carbocycles. The Morgan fingerprint density at radius 3 is 2.71 bits per heavy atom. The van der Waals surface area contributed by atoms with Crippen molar-refractivity contribution in [3.8, 4) is 5.75 Å². The third-order valence-electron chi connectivity index (χ3n) is 3.33. The minimum absolute atomic E-state index is 0.117. The molecule has 1 unspecified atom stereocenters. The first-order chi connectivity index (χ1) is 10.1. The van der Waals surface area contributed by atoms with Gasteiger partial charge in [0.1, 0.15) is 5.75 Å². The molecule has 2 rings (SSSR count). The Hall–Kier alpha value is -1.07. The second kappa shape index (κ2) is 7.80. The fraction of sp³-hybridized carbons (Fsp3) is 0.250. The Balaban J connectivity index is 2.12. The fourth-order valence-corrected chi connectivity index (χ4v) is 2.86. The van der Waals surface area contributed by atoms with Crippen LogP contribution in [0.25, 0.3) is 0 Å². The zero-order valence-electron chi connectivity index (χ0n) is 11.8. The monoisotopic (exact) mass is 368 g/mol. The largest absolute Gasteiger partial charge is 0.497 e. The molecule has 3 nitrogen and oxygen atoms in total. The van der Waals surface area contributed by atoms with Crippen molar-refractivity contribution in [1.82, 2.24) is 5.43 Å². The maximum absolute atomic E-state index is 6.02. The average Bonchev–Trinajstić information content (AvgIpc) is 2.48. The molecule has 0 heterocycles. The maximum Gasteiger partial charge on any atom is 0.119 e. The fourth-order valence-electron chi connectivity index (χ4n) is 2.24. The second-order valence-corrected chi connectivity index (χ2v) is 6.15. The number of hydrogen-bond donors (Lipinski definition) is 2. The first-order valence-corrected chi connectivity index (χ1v) is 7.82. The Kier molecular flexibility index (Phi) is 6.06. The highest BCUT2D eigenvalue weighted by atomic mass is 79.9. The molecule has 1 atom stereocenters. The summed E-state index contributed by atoms with van der Waals surface area (Å²) in [6.07, 6.45) is 1.60. The number of rotatable bonds is 6. The minimum Gasteiger partial charge on any atom is -0.497 e. The molecule has 2 aromatic rings. The van der Waals surface area contributed by atoms with E-state index in [2.05, 4.69) is 27.4 Å². The standard InChI is InChI=1S/C16H18BrClN2O/c1-21-15-5-6-16(17)12(10-15)9-14(20-19)8-11-3-2-4-13(18)7-11/h2-7,10,14,20H,8-9,19H2,1H3. The van der Waals surface area contributed by atoms with Gasteiger partial charge in [-0.25, -0.2) is 0 Å². The molecule has 0 bridgehead atoms. The van der Waals surface area contributed by atoms with Gasteiger partial charge in [-0.05, 0) is 54.3 Å². The van der Waals surface area contributed by atoms with Crippen LogP contribution in [-0.2, 0) is 12.8 Å². The third kappa shape index (κ3) is 4.71. The van der Waals surface area contributed by atoms with Gasteiger partial charge in [0.15, 0.2) is 0 Å². The predicted octanol–water partition coefficient (Wildman–Crippen LogP) is 3.73. The molecule has 0 radical (unpaired) electrons. The van der Waals surface area contributed by atoms with Crippen LogP contribution in [0, 0.1) is 0 Å². The first kappa shape index (κ1) is 16.3. The smallest absolute Gasteiger partial charge is 0.119 e. The van der Waals surface area contributed by atoms with Crippen molar-refractivity contribution in [2.45, 2.75) is 18.9 Å². The minimum atomic E-state index is 0.117. The second-order valence-electron chi connectivity index (χ2n) is 4.86. The van der Waals surface area contributed by atoms with Crippen LogP contribution in [0.2, 0.25) is 5.02 Å². The summed E-state index contributed by atoms with van der Waals surface area (Å²) in [5.74, 6) is 6.54. The zero-order valence-corrected chi connectivity index (χ0v) is 14.1. The van der Waals surface area contributed by atoms with Crippen molar-refractivity contribution >= 4 is 27.5 Å². The summed E-state index contributed by atoms with van der Waals surface area (Å²) in [6, 6.07) is 13.9. The van der Waals surface area contributed by atoms with E-state index < -0.39 is 0 Å². The molecule has 0 aromatic heterocycles. The lowest BCUT2D eigenvalue weighted by atomic mass is 9.99. The molecule has 0 amide bonds. The van der Waals surface area contributed by atoms with Gasteiger partial charge in [0.25, 0.3) is 0 Å². The van der Waals surface area contributed by atoms with Crippen LogP contribution in [0.3, 0.4) is 0 Å². The lowest BCUT2D eigenvalue weighted by Crippen LogP contribution is -2.38. The van der Waals surface area contributed by atoms with Crippen molar-refractivity contribution in [3.63, 3.8) is 0 Å². The summed E-state index contributed by atoms with van der Waals surface area (Å²) >= 11 is 9.59. The Labute approximate surface area is 138 Å². The number of nitrogens with two attached hydrogens (primary N) is 1. The van der Waals surface area contributed by atoms with Gasteiger partial charge < -0.3 is 4.74 Å². The highest BCUT2D eigenvalue weighted by Crippen LogP contribution is 2.24. The molecule has 5 heteroatoms. The van der Waals surface area contributed by atoms with Crippen molar-refractivity contribution in [3.05, 3.63) is 63.1 Å². The first-order valence-electron chi connectivity index (χ1n) is 6.65. The number of nitrogens with one attached hydrogen (secondary N) is 1. The lowest BCUT2D eigenvalue weighted by molar-refractivity contribution is 0.413. The summed E-state index contributed by atoms with van der Waals surface area (Å²) < 4.78 is 6.32. The molecule has 21 heavy (non-hydrogen) atoms. The summed E-state index contributed by atoms with van der Waals surface area (Å²) in [7, 11) is 1.66. The van der Waals surface area contributed by atoms with Gasteiger partial charge >= 0.3 is 0 Å². The van der Waals surface area contributed by atoms with Crippen molar-refractivity contribution in [2.24, 2.45) is 5.84 Å². The van der Waals surface area contributed by atoms with E-state index in [1.807, 2.05) is 36.4 Å². The zero-order chi connectivity index (χ0) is 15.2. The van der Waals surface area contributed by atoms with Crippen molar-refractivity contribution in [1.29, 1.82) is 0 Å². The van der Waals surface area contributed by atoms with Gasteiger partial charge in [-0.15, -0.1) is 0 Å². The predicted molar refractivity (Wildman–Crippen MR) is 90.7 cm³/mol. The summed E-state index contributed by atoms with van der Waals surface area (Å²) in [4.78, 5) is 0. The van der Waals surface area contributed by atoms with Crippen LogP contribution in [0.1, 0.15) is 11.1 Å². The number of ether oxygens (including phenoxy) is 1. The molecule has 3 N–H and O–H groups in total. The number of methoxy groups -OCH3 is 1. The molecule has 0 aliphatic carbocycles. The summed E-state index contributed by atoms with van der Waals surface area (Å²) in [5, 5.41) is 0.742. The molecular weight excluding hydrogens is 352 g/mol. The SMILES string of the molecule is COc1ccc(Br)c(CC(Cc2cccc(Cl)c2)NN)c1. The molecular formula is C16H18BrClN2O. The Morgan fingerprint density at radius 1 is 1.24 bits per heavy atom. The molecule has 112 valence electrons. The normalized spacial score (nSPS) is 12.2. The van der Waals surface area contributed by atoms with Crippen molar-refractivity contribution < 1.29 is 4.74 Å². The highest BCUT2D eigenvalue weighted by molar-refractivity contribution is 9.10. The van der Waals surface area contributed by atoms with E-state index >= 15 is 0 Å². The van der Waals surface area contributed by atoms with Gasteiger partial charge in [-0.3, -0.25) is 11.3 Å². The quantitative estimate of drug-likeness (QED) is 0.602. The highest BCUT2D eigenvalue weighted by Gasteiger charge is 2.12. The molecule has 0 saturated carbocycles. The van der Waals surface area contributed by atoms with Crippen LogP contribution < -0.4 is 16.0 Å². The lowest BCUT2D eigenvalue weighted by Gasteiger charge is -2.17. The van der Waals surface area contributed by atoms with Crippen LogP contribution >= 0.6 is 27.5 Å². The molecule has 0 fully saturated rings. The maximum atomic E-state index is 6.02. The molecule has 0 saturated heterocycles. The number of hydrazine groups is 1. The summed E-state index contributed by atoms with van der Waals surface area (Å²) in [6.45, 7) is 0. The van der Waals surface area contributed by atoms with Gasteiger partial charge in [0.2, 0.25) is 0 Å². The van der Waals surface area contributed by atoms with E-state index in [4.69, 9.17) is 22.2 Å². The molecule has 0 aliphatic rings. The average molecular weight is 370 g/mol. The van der Waals surface area contributed by atoms with Crippen LogP contribution in [0.15, 0.2) is 46.9 Å². The van der Waals surface area contributed by atoms with Crippen LogP contribution in [0.4, 0.5) is 0 Å². The molecule has 0 aliphatic heterocycles. The topological polar surface area (TPSA) is 47.3 Å². The number of benzene rings is 2. The van der Waals surface area contributed by atoms with Gasteiger partial charge in [-0.2, -0.15) is 0 Å². The van der Waals surface area contributed by atoms with E-state index in [9.17, 15) is 0 Å². The molecule has 0 spiro atoms. The summed E-state index contributed by atoms with van der Waals surface area (Å²) in [5.41, 5.74) is 5.19. The van der Waals surface area contributed by atoms with E-state index in [-0.39, 0.29) is 6.04 Å². The van der Waals surface area contributed by atoms with Gasteiger partial charge in [0, 0.05) is 15.5 Å². The van der Waals surface area contributed by atoms with E-state index in [0.717, 1.165) is 39.2 Å². The van der Waals surface area contributed by atoms with Gasteiger partial charge in [0.05, 0.1) is 7.11 Å². The number of hydrogen-bond acceptors (Lipinski definition) is 3. The van der Waals surface area contributed by atoms with E-state index in [1.165, 1.54) is 0 Å². The van der Waals surface area contributed by atoms with Crippen LogP contribution in [-0.4, -0.2) is 13.2 Å². The van der Waals surface area contributed by atoms with Crippen LogP contribution in [0.5, 0.6) is 5.75 Å². The van der Waals surface area contributed by atoms with E-state index in [1.54, 1.807) is 7.11 Å². The Morgan fingerprint density at radius 2 is 2.05 bits per heavy atom. The number of halogens is 2. The third-order valence-corrected chi connectivity index (χ3v) is 4.33. The van der Waals surface area contributed by atoms with Gasteiger partial charge in [-0.1, -0.05) is 39.7 Å².